The van der Waals surface area contributed by atoms with Gasteiger partial charge in [0.25, 0.3) is 5.91 Å². The zero-order chi connectivity index (χ0) is 21.6. The fourth-order valence-corrected chi connectivity index (χ4v) is 4.46. The normalized spacial score (nSPS) is 14.7. The van der Waals surface area contributed by atoms with E-state index < -0.39 is 28.5 Å². The second kappa shape index (κ2) is 9.51. The van der Waals surface area contributed by atoms with Crippen LogP contribution in [-0.2, 0) is 14.8 Å². The first-order chi connectivity index (χ1) is 14.4. The van der Waals surface area contributed by atoms with Crippen molar-refractivity contribution in [3.8, 4) is 5.75 Å². The molecule has 1 aliphatic rings. The van der Waals surface area contributed by atoms with Crippen LogP contribution in [0.3, 0.4) is 0 Å². The maximum atomic E-state index is 12.6. The van der Waals surface area contributed by atoms with Gasteiger partial charge in [-0.25, -0.2) is 13.8 Å². The fraction of sp³-hybridized carbons (Fsp3) is 0.250. The van der Waals surface area contributed by atoms with Crippen LogP contribution in [0.1, 0.15) is 28.8 Å². The highest BCUT2D eigenvalue weighted by atomic mass is 32.2. The number of hydrazone groups is 1. The number of rotatable bonds is 8. The number of nitrogens with one attached hydrogen (secondary N) is 1. The molecular weight excluding hydrogens is 410 g/mol. The Balaban J connectivity index is 1.61. The topological polar surface area (TPSA) is 128 Å². The van der Waals surface area contributed by atoms with E-state index in [4.69, 9.17) is 4.74 Å². The summed E-state index contributed by atoms with van der Waals surface area (Å²) in [6, 6.07) is 12.2. The number of carboxylic acid groups (broad SMARTS) is 1. The SMILES string of the molecule is O=C([O-])COc1ccc(/C=N\NC(=O)c2cccc(S(=O)(=O)N3CCCC3)c2)cc1. The number of carbonyl (C=O) groups is 2. The summed E-state index contributed by atoms with van der Waals surface area (Å²) in [5, 5.41) is 14.2. The number of aliphatic carboxylic acids is 1. The van der Waals surface area contributed by atoms with Crippen LogP contribution in [0.2, 0.25) is 0 Å². The predicted molar refractivity (Wildman–Crippen MR) is 106 cm³/mol. The molecule has 1 aliphatic heterocycles. The van der Waals surface area contributed by atoms with Crippen LogP contribution in [0, 0.1) is 0 Å². The highest BCUT2D eigenvalue weighted by molar-refractivity contribution is 7.89. The number of benzene rings is 2. The van der Waals surface area contributed by atoms with Gasteiger partial charge in [0, 0.05) is 18.7 Å². The minimum Gasteiger partial charge on any atom is -0.546 e. The monoisotopic (exact) mass is 430 g/mol. The van der Waals surface area contributed by atoms with Crippen LogP contribution in [0.15, 0.2) is 58.5 Å². The summed E-state index contributed by atoms with van der Waals surface area (Å²) in [7, 11) is -3.61. The van der Waals surface area contributed by atoms with Gasteiger partial charge in [-0.15, -0.1) is 0 Å². The molecule has 158 valence electrons. The highest BCUT2D eigenvalue weighted by Crippen LogP contribution is 2.21. The lowest BCUT2D eigenvalue weighted by molar-refractivity contribution is -0.307. The molecule has 0 atom stereocenters. The van der Waals surface area contributed by atoms with Crippen LogP contribution in [-0.4, -0.2) is 50.5 Å². The van der Waals surface area contributed by atoms with E-state index in [1.54, 1.807) is 24.3 Å². The van der Waals surface area contributed by atoms with Gasteiger partial charge >= 0.3 is 0 Å². The van der Waals surface area contributed by atoms with Crippen LogP contribution < -0.4 is 15.3 Å². The molecule has 0 spiro atoms. The minimum atomic E-state index is -3.61. The molecule has 2 aromatic carbocycles. The molecule has 0 radical (unpaired) electrons. The molecule has 1 N–H and O–H groups in total. The smallest absolute Gasteiger partial charge is 0.271 e. The van der Waals surface area contributed by atoms with Gasteiger partial charge in [0.05, 0.1) is 17.1 Å². The number of hydrogen-bond donors (Lipinski definition) is 1. The molecule has 10 heteroatoms. The molecule has 30 heavy (non-hydrogen) atoms. The van der Waals surface area contributed by atoms with Crippen molar-refractivity contribution in [1.29, 1.82) is 0 Å². The molecule has 0 saturated carbocycles. The Morgan fingerprint density at radius 3 is 2.50 bits per heavy atom. The van der Waals surface area contributed by atoms with Gasteiger partial charge in [-0.2, -0.15) is 9.41 Å². The van der Waals surface area contributed by atoms with E-state index >= 15 is 0 Å². The first-order valence-electron chi connectivity index (χ1n) is 9.22. The summed E-state index contributed by atoms with van der Waals surface area (Å²) in [6.07, 6.45) is 3.06. The quantitative estimate of drug-likeness (QED) is 0.476. The van der Waals surface area contributed by atoms with Crippen LogP contribution in [0.4, 0.5) is 0 Å². The number of carboxylic acids is 1. The van der Waals surface area contributed by atoms with Crippen LogP contribution in [0.25, 0.3) is 0 Å². The zero-order valence-electron chi connectivity index (χ0n) is 16.0. The third-order valence-electron chi connectivity index (χ3n) is 4.42. The van der Waals surface area contributed by atoms with Gasteiger partial charge in [0.1, 0.15) is 12.4 Å². The molecule has 0 aromatic heterocycles. The Kier molecular flexibility index (Phi) is 6.80. The first kappa shape index (κ1) is 21.5. The Morgan fingerprint density at radius 2 is 1.83 bits per heavy atom. The summed E-state index contributed by atoms with van der Waals surface area (Å²) in [5.74, 6) is -1.50. The second-order valence-corrected chi connectivity index (χ2v) is 8.51. The lowest BCUT2D eigenvalue weighted by Gasteiger charge is -2.15. The van der Waals surface area contributed by atoms with Gasteiger partial charge in [-0.1, -0.05) is 6.07 Å². The second-order valence-electron chi connectivity index (χ2n) is 6.57. The molecule has 1 fully saturated rings. The average Bonchev–Trinajstić information content (AvgIpc) is 3.29. The number of hydrogen-bond acceptors (Lipinski definition) is 7. The van der Waals surface area contributed by atoms with E-state index in [9.17, 15) is 23.1 Å². The molecule has 1 saturated heterocycles. The van der Waals surface area contributed by atoms with E-state index in [0.717, 1.165) is 12.8 Å². The van der Waals surface area contributed by atoms with Crippen LogP contribution >= 0.6 is 0 Å². The van der Waals surface area contributed by atoms with E-state index in [-0.39, 0.29) is 10.5 Å². The van der Waals surface area contributed by atoms with Gasteiger partial charge < -0.3 is 14.6 Å². The van der Waals surface area contributed by atoms with Crippen LogP contribution in [0.5, 0.6) is 5.75 Å². The molecule has 1 amide bonds. The molecule has 3 rings (SSSR count). The Bertz CT molecular complexity index is 1040. The van der Waals surface area contributed by atoms with E-state index in [1.165, 1.54) is 34.8 Å². The lowest BCUT2D eigenvalue weighted by Crippen LogP contribution is -2.28. The number of ether oxygens (including phenoxy) is 1. The summed E-state index contributed by atoms with van der Waals surface area (Å²) in [5.41, 5.74) is 3.17. The number of sulfonamides is 1. The number of nitrogens with zero attached hydrogens (tertiary/aromatic N) is 2. The third kappa shape index (κ3) is 5.43. The molecule has 0 unspecified atom stereocenters. The van der Waals surface area contributed by atoms with Gasteiger partial charge in [-0.3, -0.25) is 4.79 Å². The number of carbonyl (C=O) groups excluding carboxylic acids is 2. The van der Waals surface area contributed by atoms with Gasteiger partial charge in [0.15, 0.2) is 0 Å². The van der Waals surface area contributed by atoms with Crippen molar-refractivity contribution >= 4 is 28.1 Å². The molecule has 0 aliphatic carbocycles. The zero-order valence-corrected chi connectivity index (χ0v) is 16.8. The maximum Gasteiger partial charge on any atom is 0.271 e. The summed E-state index contributed by atoms with van der Waals surface area (Å²) in [4.78, 5) is 22.8. The molecular formula is C20H20N3O6S-. The van der Waals surface area contributed by atoms with Crippen molar-refractivity contribution in [1.82, 2.24) is 9.73 Å². The maximum absolute atomic E-state index is 12.6. The third-order valence-corrected chi connectivity index (χ3v) is 6.31. The average molecular weight is 430 g/mol. The van der Waals surface area contributed by atoms with Crippen molar-refractivity contribution in [2.24, 2.45) is 5.10 Å². The van der Waals surface area contributed by atoms with E-state index in [1.807, 2.05) is 0 Å². The fourth-order valence-electron chi connectivity index (χ4n) is 2.90. The Hall–Kier alpha value is -3.24. The molecule has 0 bridgehead atoms. The Labute approximate surface area is 174 Å². The molecule has 2 aromatic rings. The Morgan fingerprint density at radius 1 is 1.13 bits per heavy atom. The highest BCUT2D eigenvalue weighted by Gasteiger charge is 2.27. The summed E-state index contributed by atoms with van der Waals surface area (Å²) < 4.78 is 31.7. The first-order valence-corrected chi connectivity index (χ1v) is 10.7. The van der Waals surface area contributed by atoms with Crippen molar-refractivity contribution in [3.05, 3.63) is 59.7 Å². The largest absolute Gasteiger partial charge is 0.546 e. The van der Waals surface area contributed by atoms with E-state index in [2.05, 4.69) is 10.5 Å². The summed E-state index contributed by atoms with van der Waals surface area (Å²) >= 11 is 0. The standard InChI is InChI=1S/C20H21N3O6S/c24-19(25)14-29-17-8-6-15(7-9-17)13-21-22-20(26)16-4-3-5-18(12-16)30(27,28)23-10-1-2-11-23/h3-9,12-13H,1-2,10-11,14H2,(H,22,26)(H,24,25)/p-1/b21-13-. The number of amides is 1. The lowest BCUT2D eigenvalue weighted by atomic mass is 10.2. The predicted octanol–water partition coefficient (Wildman–Crippen LogP) is 0.364. The van der Waals surface area contributed by atoms with Crippen molar-refractivity contribution < 1.29 is 27.9 Å². The van der Waals surface area contributed by atoms with E-state index in [0.29, 0.717) is 24.4 Å². The van der Waals surface area contributed by atoms with Crippen molar-refractivity contribution in [3.63, 3.8) is 0 Å². The minimum absolute atomic E-state index is 0.0770. The molecule has 9 nitrogen and oxygen atoms in total. The summed E-state index contributed by atoms with van der Waals surface area (Å²) in [6.45, 7) is 0.427. The van der Waals surface area contributed by atoms with Crippen molar-refractivity contribution in [2.45, 2.75) is 17.7 Å². The van der Waals surface area contributed by atoms with Gasteiger partial charge in [-0.05, 0) is 60.9 Å². The van der Waals surface area contributed by atoms with Gasteiger partial charge in [0.2, 0.25) is 10.0 Å². The van der Waals surface area contributed by atoms with Crippen molar-refractivity contribution in [2.75, 3.05) is 19.7 Å². The molecule has 1 heterocycles.